The molecule has 29 heavy (non-hydrogen) atoms. The van der Waals surface area contributed by atoms with E-state index in [2.05, 4.69) is 10.1 Å². The van der Waals surface area contributed by atoms with Gasteiger partial charge in [-0.15, -0.1) is 0 Å². The van der Waals surface area contributed by atoms with E-state index in [1.54, 1.807) is 30.3 Å². The van der Waals surface area contributed by atoms with Gasteiger partial charge in [0.1, 0.15) is 18.3 Å². The maximum Gasteiger partial charge on any atom is 0.407 e. The first-order valence-electron chi connectivity index (χ1n) is 8.77. The number of thioether (sulfide) groups is 1. The third-order valence-corrected chi connectivity index (χ3v) is 5.75. The quantitative estimate of drug-likeness (QED) is 0.348. The molecule has 0 saturated carbocycles. The summed E-state index contributed by atoms with van der Waals surface area (Å²) in [5.74, 6) is -0.822. The molecule has 162 valence electrons. The summed E-state index contributed by atoms with van der Waals surface area (Å²) in [6, 6.07) is 7.49. The van der Waals surface area contributed by atoms with Gasteiger partial charge in [0.15, 0.2) is 0 Å². The smallest absolute Gasteiger partial charge is 0.407 e. The lowest BCUT2D eigenvalue weighted by Crippen LogP contribution is -2.66. The Morgan fingerprint density at radius 2 is 1.93 bits per heavy atom. The van der Waals surface area contributed by atoms with Gasteiger partial charge >= 0.3 is 12.1 Å². The van der Waals surface area contributed by atoms with E-state index in [1.165, 1.54) is 0 Å². The molecule has 1 amide bonds. The number of nitrogens with one attached hydrogen (secondary N) is 1. The summed E-state index contributed by atoms with van der Waals surface area (Å²) in [6.45, 7) is -0.806. The Bertz CT molecular complexity index is 691. The summed E-state index contributed by atoms with van der Waals surface area (Å²) in [5, 5.41) is 42.6. The van der Waals surface area contributed by atoms with Crippen molar-refractivity contribution < 1.29 is 44.2 Å². The van der Waals surface area contributed by atoms with Crippen molar-refractivity contribution in [1.29, 1.82) is 0 Å². The number of hydrogen-bond acceptors (Lipinski definition) is 10. The lowest BCUT2D eigenvalue weighted by atomic mass is 9.90. The van der Waals surface area contributed by atoms with Crippen LogP contribution < -0.4 is 5.32 Å². The number of esters is 1. The van der Waals surface area contributed by atoms with Crippen molar-refractivity contribution in [3.05, 3.63) is 30.3 Å². The van der Waals surface area contributed by atoms with Crippen molar-refractivity contribution in [3.63, 3.8) is 0 Å². The molecule has 5 N–H and O–H groups in total. The highest BCUT2D eigenvalue weighted by Gasteiger charge is 2.56. The second kappa shape index (κ2) is 10.2. The summed E-state index contributed by atoms with van der Waals surface area (Å²) in [4.78, 5) is 23.2. The molecule has 0 aliphatic carbocycles. The number of carbonyl (C=O) groups excluding carboxylic acids is 2. The first-order chi connectivity index (χ1) is 13.8. The first kappa shape index (κ1) is 23.4. The van der Waals surface area contributed by atoms with Crippen LogP contribution in [0.5, 0.6) is 0 Å². The predicted molar refractivity (Wildman–Crippen MR) is 101 cm³/mol. The zero-order valence-electron chi connectivity index (χ0n) is 15.9. The number of benzene rings is 1. The fraction of sp³-hybridized carbons (Fsp3) is 0.556. The van der Waals surface area contributed by atoms with E-state index in [1.807, 2.05) is 0 Å². The number of aliphatic hydroxyl groups excluding tert-OH is 4. The molecule has 6 atom stereocenters. The highest BCUT2D eigenvalue weighted by molar-refractivity contribution is 8.01. The average Bonchev–Trinajstić information content (AvgIpc) is 2.74. The number of rotatable bonds is 7. The van der Waals surface area contributed by atoms with Gasteiger partial charge in [-0.3, -0.25) is 0 Å². The van der Waals surface area contributed by atoms with Crippen molar-refractivity contribution in [2.75, 3.05) is 20.8 Å². The molecule has 0 aromatic heterocycles. The molecular formula is C18H25NO9S. The number of hydrogen-bond donors (Lipinski definition) is 5. The normalized spacial score (nSPS) is 28.8. The summed E-state index contributed by atoms with van der Waals surface area (Å²) in [7, 11) is 2.27. The van der Waals surface area contributed by atoms with Gasteiger partial charge in [-0.05, 0) is 12.1 Å². The number of alkyl carbamates (subject to hydrolysis) is 1. The van der Waals surface area contributed by atoms with Crippen LogP contribution in [0.2, 0.25) is 0 Å². The Morgan fingerprint density at radius 3 is 2.48 bits per heavy atom. The molecule has 2 rings (SSSR count). The van der Waals surface area contributed by atoms with Gasteiger partial charge in [-0.2, -0.15) is 0 Å². The first-order valence-corrected chi connectivity index (χ1v) is 9.59. The molecule has 0 unspecified atom stereocenters. The topological polar surface area (TPSA) is 155 Å². The van der Waals surface area contributed by atoms with Gasteiger partial charge in [0.05, 0.1) is 33.0 Å². The highest BCUT2D eigenvalue weighted by atomic mass is 32.2. The summed E-state index contributed by atoms with van der Waals surface area (Å²) in [6.07, 6.45) is -7.41. The lowest BCUT2D eigenvalue weighted by Gasteiger charge is -2.46. The molecule has 11 heteroatoms. The van der Waals surface area contributed by atoms with E-state index in [-0.39, 0.29) is 6.42 Å². The van der Waals surface area contributed by atoms with Crippen LogP contribution in [0.1, 0.15) is 6.42 Å². The molecule has 0 bridgehead atoms. The zero-order chi connectivity index (χ0) is 21.6. The Labute approximate surface area is 171 Å². The van der Waals surface area contributed by atoms with Gasteiger partial charge in [0.25, 0.3) is 0 Å². The summed E-state index contributed by atoms with van der Waals surface area (Å²) in [5.41, 5.74) is 0. The number of aliphatic hydroxyl groups is 4. The Morgan fingerprint density at radius 1 is 1.28 bits per heavy atom. The number of methoxy groups -OCH3 is 2. The van der Waals surface area contributed by atoms with Gasteiger partial charge in [0.2, 0.25) is 4.93 Å². The van der Waals surface area contributed by atoms with Crippen LogP contribution in [0.4, 0.5) is 4.79 Å². The molecular weight excluding hydrogens is 406 g/mol. The summed E-state index contributed by atoms with van der Waals surface area (Å²) >= 11 is 0.960. The number of ether oxygens (including phenoxy) is 3. The van der Waals surface area contributed by atoms with Crippen LogP contribution in [0, 0.1) is 0 Å². The van der Waals surface area contributed by atoms with E-state index in [4.69, 9.17) is 9.47 Å². The fourth-order valence-electron chi connectivity index (χ4n) is 3.02. The van der Waals surface area contributed by atoms with Crippen molar-refractivity contribution in [3.8, 4) is 0 Å². The second-order valence-corrected chi connectivity index (χ2v) is 7.75. The van der Waals surface area contributed by atoms with Crippen LogP contribution in [-0.2, 0) is 19.0 Å². The predicted octanol–water partition coefficient (Wildman–Crippen LogP) is -0.764. The highest BCUT2D eigenvalue weighted by Crippen LogP contribution is 2.44. The van der Waals surface area contributed by atoms with Gasteiger partial charge in [-0.1, -0.05) is 30.0 Å². The second-order valence-electron chi connectivity index (χ2n) is 6.42. The van der Waals surface area contributed by atoms with Crippen molar-refractivity contribution >= 4 is 23.8 Å². The molecule has 0 spiro atoms. The molecule has 1 fully saturated rings. The number of amides is 1. The molecule has 1 aliphatic rings. The molecule has 0 radical (unpaired) electrons. The van der Waals surface area contributed by atoms with Crippen LogP contribution in [0.15, 0.2) is 35.2 Å². The Hall–Kier alpha value is -1.89. The molecule has 1 aliphatic heterocycles. The minimum atomic E-state index is -1.77. The Balaban J connectivity index is 2.43. The molecule has 1 saturated heterocycles. The SMILES string of the molecule is COC(=O)N[C@H]1[C@H]([C@H](O)[C@H](O)CO)O[C@@](Sc2ccccc2)(C(=O)OC)C[C@@H]1O. The third kappa shape index (κ3) is 5.38. The minimum absolute atomic E-state index is 0.285. The lowest BCUT2D eigenvalue weighted by molar-refractivity contribution is -0.205. The van der Waals surface area contributed by atoms with Crippen molar-refractivity contribution in [2.24, 2.45) is 0 Å². The maximum absolute atomic E-state index is 12.6. The summed E-state index contributed by atoms with van der Waals surface area (Å²) < 4.78 is 15.3. The van der Waals surface area contributed by atoms with Crippen LogP contribution >= 0.6 is 11.8 Å². The maximum atomic E-state index is 12.6. The number of carbonyl (C=O) groups is 2. The standard InChI is InChI=1S/C18H25NO9S/c1-26-16(24)18(29-10-6-4-3-5-7-10)8-11(21)13(19-17(25)27-2)15(28-18)14(23)12(22)9-20/h3-7,11-15,20-23H,8-9H2,1-2H3,(H,19,25)/t11-,12+,13+,14+,15+,18-/m0/s1. The van der Waals surface area contributed by atoms with Gasteiger partial charge in [0, 0.05) is 11.3 Å². The Kier molecular flexibility index (Phi) is 8.25. The largest absolute Gasteiger partial charge is 0.466 e. The molecule has 1 aromatic carbocycles. The van der Waals surface area contributed by atoms with Crippen molar-refractivity contribution in [1.82, 2.24) is 5.32 Å². The van der Waals surface area contributed by atoms with Crippen molar-refractivity contribution in [2.45, 2.75) is 46.7 Å². The van der Waals surface area contributed by atoms with E-state index in [0.29, 0.717) is 4.90 Å². The minimum Gasteiger partial charge on any atom is -0.466 e. The van der Waals surface area contributed by atoms with Gasteiger partial charge in [-0.25, -0.2) is 9.59 Å². The third-order valence-electron chi connectivity index (χ3n) is 4.48. The van der Waals surface area contributed by atoms with Gasteiger partial charge < -0.3 is 40.0 Å². The van der Waals surface area contributed by atoms with Crippen LogP contribution in [-0.4, -0.2) is 88.7 Å². The zero-order valence-corrected chi connectivity index (χ0v) is 16.7. The molecule has 10 nitrogen and oxygen atoms in total. The molecule has 1 heterocycles. The average molecular weight is 431 g/mol. The van der Waals surface area contributed by atoms with E-state index < -0.39 is 54.1 Å². The molecule has 1 aromatic rings. The van der Waals surface area contributed by atoms with E-state index >= 15 is 0 Å². The van der Waals surface area contributed by atoms with E-state index in [0.717, 1.165) is 26.0 Å². The van der Waals surface area contributed by atoms with E-state index in [9.17, 15) is 30.0 Å². The van der Waals surface area contributed by atoms with Crippen LogP contribution in [0.3, 0.4) is 0 Å². The van der Waals surface area contributed by atoms with Crippen LogP contribution in [0.25, 0.3) is 0 Å². The monoisotopic (exact) mass is 431 g/mol. The fourth-order valence-corrected chi connectivity index (χ4v) is 4.27.